The first-order chi connectivity index (χ1) is 12.7. The SMILES string of the molecule is Cc1nc(CNC(=O)Nc2nnc(-c3cccs3)s2)nc2c1CCCC2. The summed E-state index contributed by atoms with van der Waals surface area (Å²) >= 11 is 2.94. The van der Waals surface area contributed by atoms with Gasteiger partial charge in [0.25, 0.3) is 0 Å². The van der Waals surface area contributed by atoms with Crippen molar-refractivity contribution in [3.05, 3.63) is 40.3 Å². The fourth-order valence-corrected chi connectivity index (χ4v) is 4.53. The number of hydrogen-bond donors (Lipinski definition) is 2. The van der Waals surface area contributed by atoms with E-state index < -0.39 is 0 Å². The molecule has 0 aromatic carbocycles. The number of thiophene rings is 1. The Kier molecular flexibility index (Phi) is 4.89. The van der Waals surface area contributed by atoms with Crippen molar-refractivity contribution in [2.24, 2.45) is 0 Å². The van der Waals surface area contributed by atoms with E-state index in [0.29, 0.717) is 11.0 Å². The number of nitrogens with one attached hydrogen (secondary N) is 2. The van der Waals surface area contributed by atoms with E-state index in [1.165, 1.54) is 29.7 Å². The minimum atomic E-state index is -0.335. The van der Waals surface area contributed by atoms with Crippen LogP contribution in [-0.2, 0) is 19.4 Å². The molecule has 4 rings (SSSR count). The molecule has 7 nitrogen and oxygen atoms in total. The molecule has 0 unspecified atom stereocenters. The molecule has 0 radical (unpaired) electrons. The van der Waals surface area contributed by atoms with E-state index in [9.17, 15) is 4.79 Å². The van der Waals surface area contributed by atoms with E-state index >= 15 is 0 Å². The summed E-state index contributed by atoms with van der Waals surface area (Å²) in [6, 6.07) is 3.60. The van der Waals surface area contributed by atoms with Crippen molar-refractivity contribution in [2.75, 3.05) is 5.32 Å². The van der Waals surface area contributed by atoms with E-state index in [4.69, 9.17) is 0 Å². The number of fused-ring (bicyclic) bond motifs is 1. The Morgan fingerprint density at radius 1 is 1.23 bits per heavy atom. The molecule has 0 saturated carbocycles. The second-order valence-corrected chi connectivity index (χ2v) is 7.98. The topological polar surface area (TPSA) is 92.7 Å². The smallest absolute Gasteiger partial charge is 0.321 e. The highest BCUT2D eigenvalue weighted by Gasteiger charge is 2.16. The molecule has 1 aliphatic rings. The second-order valence-electron chi connectivity index (χ2n) is 6.05. The minimum Gasteiger partial charge on any atom is -0.331 e. The summed E-state index contributed by atoms with van der Waals surface area (Å²) in [5.41, 5.74) is 3.43. The molecule has 3 aromatic rings. The van der Waals surface area contributed by atoms with Crippen molar-refractivity contribution in [1.29, 1.82) is 0 Å². The minimum absolute atomic E-state index is 0.288. The highest BCUT2D eigenvalue weighted by Crippen LogP contribution is 2.29. The normalized spacial score (nSPS) is 13.3. The van der Waals surface area contributed by atoms with Gasteiger partial charge in [0.05, 0.1) is 11.4 Å². The maximum absolute atomic E-state index is 12.1. The van der Waals surface area contributed by atoms with Crippen LogP contribution in [0.5, 0.6) is 0 Å². The number of amides is 2. The lowest BCUT2D eigenvalue weighted by Crippen LogP contribution is -2.29. The number of carbonyl (C=O) groups excluding carboxylic acids is 1. The fourth-order valence-electron chi connectivity index (χ4n) is 3.00. The molecular formula is C17H18N6OS2. The first kappa shape index (κ1) is 17.0. The van der Waals surface area contributed by atoms with Gasteiger partial charge in [-0.2, -0.15) is 0 Å². The summed E-state index contributed by atoms with van der Waals surface area (Å²) in [5, 5.41) is 16.9. The van der Waals surface area contributed by atoms with Crippen LogP contribution in [0.25, 0.3) is 9.88 Å². The van der Waals surface area contributed by atoms with Crippen LogP contribution in [0.4, 0.5) is 9.93 Å². The number of carbonyl (C=O) groups is 1. The van der Waals surface area contributed by atoms with Crippen LogP contribution in [0, 0.1) is 6.92 Å². The van der Waals surface area contributed by atoms with E-state index in [1.807, 2.05) is 24.4 Å². The molecule has 0 saturated heterocycles. The largest absolute Gasteiger partial charge is 0.331 e. The van der Waals surface area contributed by atoms with Crippen molar-refractivity contribution in [1.82, 2.24) is 25.5 Å². The summed E-state index contributed by atoms with van der Waals surface area (Å²) in [6.07, 6.45) is 4.42. The van der Waals surface area contributed by atoms with Crippen molar-refractivity contribution in [2.45, 2.75) is 39.2 Å². The highest BCUT2D eigenvalue weighted by atomic mass is 32.1. The molecule has 0 fully saturated rings. The van der Waals surface area contributed by atoms with Crippen molar-refractivity contribution < 1.29 is 4.79 Å². The van der Waals surface area contributed by atoms with Crippen LogP contribution in [-0.4, -0.2) is 26.2 Å². The predicted molar refractivity (Wildman–Crippen MR) is 102 cm³/mol. The molecule has 1 aliphatic carbocycles. The average Bonchev–Trinajstić information content (AvgIpc) is 3.31. The molecule has 134 valence electrons. The van der Waals surface area contributed by atoms with Gasteiger partial charge in [-0.15, -0.1) is 21.5 Å². The number of urea groups is 1. The van der Waals surface area contributed by atoms with Gasteiger partial charge in [0.15, 0.2) is 5.01 Å². The Bertz CT molecular complexity index is 921. The average molecular weight is 387 g/mol. The lowest BCUT2D eigenvalue weighted by molar-refractivity contribution is 0.251. The molecule has 0 bridgehead atoms. The maximum Gasteiger partial charge on any atom is 0.321 e. The van der Waals surface area contributed by atoms with Gasteiger partial charge >= 0.3 is 6.03 Å². The van der Waals surface area contributed by atoms with E-state index in [-0.39, 0.29) is 12.6 Å². The summed E-state index contributed by atoms with van der Waals surface area (Å²) in [6.45, 7) is 2.30. The summed E-state index contributed by atoms with van der Waals surface area (Å²) in [5.74, 6) is 0.648. The Balaban J connectivity index is 1.36. The Morgan fingerprint density at radius 3 is 2.96 bits per heavy atom. The molecule has 0 atom stereocenters. The third-order valence-electron chi connectivity index (χ3n) is 4.22. The Morgan fingerprint density at radius 2 is 2.12 bits per heavy atom. The number of aryl methyl sites for hydroxylation is 2. The zero-order valence-corrected chi connectivity index (χ0v) is 15.9. The molecule has 26 heavy (non-hydrogen) atoms. The van der Waals surface area contributed by atoms with Gasteiger partial charge in [-0.25, -0.2) is 14.8 Å². The Labute approximate surface area is 158 Å². The Hall–Kier alpha value is -2.39. The second kappa shape index (κ2) is 7.46. The zero-order chi connectivity index (χ0) is 17.9. The van der Waals surface area contributed by atoms with Crippen LogP contribution >= 0.6 is 22.7 Å². The molecule has 2 amide bonds. The van der Waals surface area contributed by atoms with Crippen molar-refractivity contribution >= 4 is 33.8 Å². The van der Waals surface area contributed by atoms with Crippen molar-refractivity contribution in [3.8, 4) is 9.88 Å². The lowest BCUT2D eigenvalue weighted by Gasteiger charge is -2.17. The van der Waals surface area contributed by atoms with Crippen LogP contribution < -0.4 is 10.6 Å². The van der Waals surface area contributed by atoms with Gasteiger partial charge in [0.1, 0.15) is 5.82 Å². The third-order valence-corrected chi connectivity index (χ3v) is 6.10. The van der Waals surface area contributed by atoms with Crippen LogP contribution in [0.15, 0.2) is 17.5 Å². The third kappa shape index (κ3) is 3.73. The van der Waals surface area contributed by atoms with Crippen LogP contribution in [0.3, 0.4) is 0 Å². The molecule has 0 aliphatic heterocycles. The highest BCUT2D eigenvalue weighted by molar-refractivity contribution is 7.23. The predicted octanol–water partition coefficient (Wildman–Crippen LogP) is 3.57. The maximum atomic E-state index is 12.1. The number of anilines is 1. The molecular weight excluding hydrogens is 368 g/mol. The molecule has 3 heterocycles. The van der Waals surface area contributed by atoms with Gasteiger partial charge in [0, 0.05) is 11.4 Å². The first-order valence-corrected chi connectivity index (χ1v) is 10.2. The lowest BCUT2D eigenvalue weighted by atomic mass is 9.95. The summed E-state index contributed by atoms with van der Waals surface area (Å²) in [7, 11) is 0. The zero-order valence-electron chi connectivity index (χ0n) is 14.3. The van der Waals surface area contributed by atoms with Gasteiger partial charge < -0.3 is 5.32 Å². The van der Waals surface area contributed by atoms with Gasteiger partial charge in [0.2, 0.25) is 5.13 Å². The number of rotatable bonds is 4. The molecule has 3 aromatic heterocycles. The quantitative estimate of drug-likeness (QED) is 0.715. The number of aromatic nitrogens is 4. The molecule has 9 heteroatoms. The summed E-state index contributed by atoms with van der Waals surface area (Å²) in [4.78, 5) is 22.3. The van der Waals surface area contributed by atoms with E-state index in [1.54, 1.807) is 11.3 Å². The van der Waals surface area contributed by atoms with Crippen LogP contribution in [0.2, 0.25) is 0 Å². The van der Waals surface area contributed by atoms with Gasteiger partial charge in [-0.3, -0.25) is 5.32 Å². The number of nitrogens with zero attached hydrogens (tertiary/aromatic N) is 4. The first-order valence-electron chi connectivity index (χ1n) is 8.46. The monoisotopic (exact) mass is 386 g/mol. The van der Waals surface area contributed by atoms with Crippen LogP contribution in [0.1, 0.15) is 35.6 Å². The fraction of sp³-hybridized carbons (Fsp3) is 0.353. The molecule has 2 N–H and O–H groups in total. The van der Waals surface area contributed by atoms with E-state index in [2.05, 4.69) is 30.8 Å². The molecule has 0 spiro atoms. The van der Waals surface area contributed by atoms with Gasteiger partial charge in [-0.05, 0) is 49.6 Å². The standard InChI is InChI=1S/C17H18N6OS2/c1-10-11-5-2-3-6-12(11)20-14(19-10)9-18-16(24)21-17-23-22-15(26-17)13-7-4-8-25-13/h4,7-8H,2-3,5-6,9H2,1H3,(H2,18,21,23,24). The van der Waals surface area contributed by atoms with Crippen molar-refractivity contribution in [3.63, 3.8) is 0 Å². The van der Waals surface area contributed by atoms with E-state index in [0.717, 1.165) is 34.1 Å². The van der Waals surface area contributed by atoms with Gasteiger partial charge in [-0.1, -0.05) is 17.4 Å². The number of hydrogen-bond acceptors (Lipinski definition) is 7. The summed E-state index contributed by atoms with van der Waals surface area (Å²) < 4.78 is 0.